The molecule has 0 aliphatic heterocycles. The van der Waals surface area contributed by atoms with Crippen molar-refractivity contribution in [1.29, 1.82) is 0 Å². The Balaban J connectivity index is 1.35. The van der Waals surface area contributed by atoms with Crippen LogP contribution >= 0.6 is 0 Å². The first kappa shape index (κ1) is 18.4. The van der Waals surface area contributed by atoms with Crippen LogP contribution in [0.25, 0.3) is 22.8 Å². The van der Waals surface area contributed by atoms with Gasteiger partial charge >= 0.3 is 0 Å². The number of rotatable bonds is 8. The van der Waals surface area contributed by atoms with Gasteiger partial charge in [0.05, 0.1) is 0 Å². The van der Waals surface area contributed by atoms with E-state index in [1.54, 1.807) is 0 Å². The standard InChI is InChI=1S/C22H23N3O3/c1-2-15-3-9-18(10-4-15)22-24-21(25-28-22)17-7-5-16(6-8-17)13-23-19-11-20(12-19)27-14-26/h3-10,14,19-20,23H,2,11-13H2,1H3. The van der Waals surface area contributed by atoms with E-state index in [1.165, 1.54) is 11.1 Å². The average Bonchev–Trinajstić information content (AvgIpc) is 3.20. The Labute approximate surface area is 163 Å². The second kappa shape index (κ2) is 8.35. The van der Waals surface area contributed by atoms with Crippen molar-refractivity contribution in [3.63, 3.8) is 0 Å². The third-order valence-electron chi connectivity index (χ3n) is 5.18. The lowest BCUT2D eigenvalue weighted by atomic mass is 9.89. The van der Waals surface area contributed by atoms with Gasteiger partial charge < -0.3 is 14.6 Å². The van der Waals surface area contributed by atoms with Crippen LogP contribution in [-0.2, 0) is 22.5 Å². The van der Waals surface area contributed by atoms with Crippen LogP contribution in [0.5, 0.6) is 0 Å². The van der Waals surface area contributed by atoms with E-state index in [2.05, 4.69) is 46.6 Å². The predicted molar refractivity (Wildman–Crippen MR) is 105 cm³/mol. The lowest BCUT2D eigenvalue weighted by Crippen LogP contribution is -2.44. The van der Waals surface area contributed by atoms with E-state index in [9.17, 15) is 4.79 Å². The monoisotopic (exact) mass is 377 g/mol. The van der Waals surface area contributed by atoms with Gasteiger partial charge in [-0.05, 0) is 42.5 Å². The highest BCUT2D eigenvalue weighted by Crippen LogP contribution is 2.24. The van der Waals surface area contributed by atoms with Crippen molar-refractivity contribution >= 4 is 6.47 Å². The summed E-state index contributed by atoms with van der Waals surface area (Å²) in [5, 5.41) is 7.59. The van der Waals surface area contributed by atoms with Gasteiger partial charge in [-0.25, -0.2) is 0 Å². The van der Waals surface area contributed by atoms with Crippen molar-refractivity contribution in [2.75, 3.05) is 0 Å². The quantitative estimate of drug-likeness (QED) is 0.602. The molecule has 0 saturated heterocycles. The van der Waals surface area contributed by atoms with Crippen molar-refractivity contribution in [1.82, 2.24) is 15.5 Å². The van der Waals surface area contributed by atoms with Gasteiger partial charge in [-0.3, -0.25) is 4.79 Å². The lowest BCUT2D eigenvalue weighted by molar-refractivity contribution is -0.138. The summed E-state index contributed by atoms with van der Waals surface area (Å²) in [5.41, 5.74) is 4.31. The Bertz CT molecular complexity index is 913. The van der Waals surface area contributed by atoms with Gasteiger partial charge in [-0.2, -0.15) is 4.98 Å². The van der Waals surface area contributed by atoms with Gasteiger partial charge in [-0.15, -0.1) is 0 Å². The fourth-order valence-electron chi connectivity index (χ4n) is 3.30. The maximum Gasteiger partial charge on any atom is 0.293 e. The Morgan fingerprint density at radius 3 is 2.43 bits per heavy atom. The number of hydrogen-bond donors (Lipinski definition) is 1. The maximum absolute atomic E-state index is 10.3. The van der Waals surface area contributed by atoms with E-state index in [-0.39, 0.29) is 6.10 Å². The summed E-state index contributed by atoms with van der Waals surface area (Å²) in [6.07, 6.45) is 2.83. The topological polar surface area (TPSA) is 77.3 Å². The first-order chi connectivity index (χ1) is 13.7. The first-order valence-electron chi connectivity index (χ1n) is 9.60. The van der Waals surface area contributed by atoms with E-state index in [0.717, 1.165) is 36.9 Å². The van der Waals surface area contributed by atoms with Crippen LogP contribution in [0.4, 0.5) is 0 Å². The molecule has 0 radical (unpaired) electrons. The minimum atomic E-state index is 0.0722. The van der Waals surface area contributed by atoms with Crippen molar-refractivity contribution in [2.24, 2.45) is 0 Å². The molecule has 0 bridgehead atoms. The third-order valence-corrected chi connectivity index (χ3v) is 5.18. The molecule has 1 fully saturated rings. The zero-order chi connectivity index (χ0) is 19.3. The van der Waals surface area contributed by atoms with Gasteiger partial charge in [0.1, 0.15) is 6.10 Å². The van der Waals surface area contributed by atoms with E-state index in [4.69, 9.17) is 9.26 Å². The highest BCUT2D eigenvalue weighted by molar-refractivity contribution is 5.60. The molecule has 144 valence electrons. The molecular weight excluding hydrogens is 354 g/mol. The molecule has 4 rings (SSSR count). The summed E-state index contributed by atoms with van der Waals surface area (Å²) in [5.74, 6) is 1.11. The summed E-state index contributed by atoms with van der Waals surface area (Å²) in [6, 6.07) is 16.7. The molecule has 0 spiro atoms. The minimum Gasteiger partial charge on any atom is -0.464 e. The molecule has 1 aliphatic rings. The van der Waals surface area contributed by atoms with Crippen LogP contribution in [0, 0.1) is 0 Å². The maximum atomic E-state index is 10.3. The number of carbonyl (C=O) groups is 1. The fraction of sp³-hybridized carbons (Fsp3) is 0.318. The molecule has 28 heavy (non-hydrogen) atoms. The van der Waals surface area contributed by atoms with Crippen molar-refractivity contribution in [3.05, 3.63) is 59.7 Å². The molecule has 0 amide bonds. The van der Waals surface area contributed by atoms with E-state index < -0.39 is 0 Å². The highest BCUT2D eigenvalue weighted by Gasteiger charge is 2.29. The predicted octanol–water partition coefficient (Wildman–Crippen LogP) is 3.76. The summed E-state index contributed by atoms with van der Waals surface area (Å²) >= 11 is 0. The van der Waals surface area contributed by atoms with Crippen LogP contribution in [0.2, 0.25) is 0 Å². The Morgan fingerprint density at radius 2 is 1.75 bits per heavy atom. The minimum absolute atomic E-state index is 0.0722. The number of aromatic nitrogens is 2. The second-order valence-electron chi connectivity index (χ2n) is 7.07. The molecule has 1 aliphatic carbocycles. The number of ether oxygens (including phenoxy) is 1. The number of benzene rings is 2. The summed E-state index contributed by atoms with van der Waals surface area (Å²) in [7, 11) is 0. The molecule has 0 unspecified atom stereocenters. The summed E-state index contributed by atoms with van der Waals surface area (Å²) < 4.78 is 10.4. The largest absolute Gasteiger partial charge is 0.464 e. The van der Waals surface area contributed by atoms with Crippen molar-refractivity contribution < 1.29 is 14.1 Å². The van der Waals surface area contributed by atoms with Crippen LogP contribution in [0.15, 0.2) is 53.1 Å². The molecule has 1 aromatic heterocycles. The van der Waals surface area contributed by atoms with Crippen molar-refractivity contribution in [3.8, 4) is 22.8 Å². The van der Waals surface area contributed by atoms with Crippen LogP contribution in [0.1, 0.15) is 30.9 Å². The SMILES string of the molecule is CCc1ccc(-c2nc(-c3ccc(CNC4CC(OC=O)C4)cc3)no2)cc1. The molecule has 6 heteroatoms. The molecule has 0 atom stereocenters. The number of nitrogens with one attached hydrogen (secondary N) is 1. The number of carbonyl (C=O) groups excluding carboxylic acids is 1. The summed E-state index contributed by atoms with van der Waals surface area (Å²) in [6.45, 7) is 3.44. The third kappa shape index (κ3) is 4.12. The first-order valence-corrected chi connectivity index (χ1v) is 9.60. The number of nitrogens with zero attached hydrogens (tertiary/aromatic N) is 2. The molecule has 3 aromatic rings. The smallest absolute Gasteiger partial charge is 0.293 e. The normalized spacial score (nSPS) is 18.5. The summed E-state index contributed by atoms with van der Waals surface area (Å²) in [4.78, 5) is 14.8. The van der Waals surface area contributed by atoms with E-state index in [1.807, 2.05) is 24.3 Å². The molecular formula is C22H23N3O3. The van der Waals surface area contributed by atoms with Crippen LogP contribution in [-0.4, -0.2) is 28.8 Å². The number of hydrogen-bond acceptors (Lipinski definition) is 6. The van der Waals surface area contributed by atoms with Crippen molar-refractivity contribution in [2.45, 2.75) is 44.9 Å². The fourth-order valence-corrected chi connectivity index (χ4v) is 3.30. The molecule has 1 saturated carbocycles. The molecule has 6 nitrogen and oxygen atoms in total. The highest BCUT2D eigenvalue weighted by atomic mass is 16.5. The van der Waals surface area contributed by atoms with E-state index in [0.29, 0.717) is 24.2 Å². The Hall–Kier alpha value is -2.99. The molecule has 1 N–H and O–H groups in total. The lowest BCUT2D eigenvalue weighted by Gasteiger charge is -2.34. The van der Waals surface area contributed by atoms with Gasteiger partial charge in [0.2, 0.25) is 5.82 Å². The molecule has 1 heterocycles. The zero-order valence-corrected chi connectivity index (χ0v) is 15.8. The van der Waals surface area contributed by atoms with Gasteiger partial charge in [-0.1, -0.05) is 48.5 Å². The molecule has 2 aromatic carbocycles. The Morgan fingerprint density at radius 1 is 1.07 bits per heavy atom. The van der Waals surface area contributed by atoms with Gasteiger partial charge in [0.25, 0.3) is 12.4 Å². The average molecular weight is 377 g/mol. The van der Waals surface area contributed by atoms with Crippen LogP contribution in [0.3, 0.4) is 0 Å². The Kier molecular flexibility index (Phi) is 5.48. The van der Waals surface area contributed by atoms with Gasteiger partial charge in [0.15, 0.2) is 0 Å². The van der Waals surface area contributed by atoms with Gasteiger partial charge in [0, 0.05) is 23.7 Å². The zero-order valence-electron chi connectivity index (χ0n) is 15.8. The number of aryl methyl sites for hydroxylation is 1. The van der Waals surface area contributed by atoms with Crippen LogP contribution < -0.4 is 5.32 Å². The van der Waals surface area contributed by atoms with E-state index >= 15 is 0 Å². The second-order valence-corrected chi connectivity index (χ2v) is 7.07.